The van der Waals surface area contributed by atoms with E-state index < -0.39 is 41.1 Å². The van der Waals surface area contributed by atoms with Crippen LogP contribution < -0.4 is 20.7 Å². The number of hydrogen-bond acceptors (Lipinski definition) is 6. The van der Waals surface area contributed by atoms with Crippen molar-refractivity contribution < 1.29 is 29.3 Å². The Kier molecular flexibility index (Phi) is 11.6. The van der Waals surface area contributed by atoms with E-state index in [1.54, 1.807) is 0 Å². The molecule has 246 valence electrons. The molecule has 0 bridgehead atoms. The fourth-order valence-corrected chi connectivity index (χ4v) is 15.7. The maximum absolute atomic E-state index is 11.2. The maximum Gasteiger partial charge on any atom is 0.261 e. The van der Waals surface area contributed by atoms with Gasteiger partial charge >= 0.3 is 0 Å². The molecule has 0 aliphatic rings. The minimum Gasteiger partial charge on any atom is -0.405 e. The van der Waals surface area contributed by atoms with Crippen LogP contribution in [0.4, 0.5) is 0 Å². The van der Waals surface area contributed by atoms with Crippen LogP contribution in [0.5, 0.6) is 0 Å². The topological polar surface area (TPSA) is 99.4 Å². The van der Waals surface area contributed by atoms with Gasteiger partial charge in [-0.3, -0.25) is 0 Å². The highest BCUT2D eigenvalue weighted by molar-refractivity contribution is 7.00. The first-order valence-electron chi connectivity index (χ1n) is 16.0. The minimum atomic E-state index is -2.99. The number of benzene rings is 4. The van der Waals surface area contributed by atoms with Crippen LogP contribution >= 0.6 is 0 Å². The van der Waals surface area contributed by atoms with Crippen molar-refractivity contribution in [1.82, 2.24) is 0 Å². The third kappa shape index (κ3) is 7.30. The number of rotatable bonds is 13. The Morgan fingerprint density at radius 2 is 0.652 bits per heavy atom. The molecule has 0 saturated heterocycles. The summed E-state index contributed by atoms with van der Waals surface area (Å²) in [6.07, 6.45) is -6.26. The first-order valence-corrected chi connectivity index (χ1v) is 19.8. The molecule has 0 spiro atoms. The molecule has 0 amide bonds. The first-order chi connectivity index (χ1) is 21.8. The third-order valence-electron chi connectivity index (χ3n) is 8.91. The lowest BCUT2D eigenvalue weighted by Crippen LogP contribution is -2.68. The minimum absolute atomic E-state index is 0.228. The molecule has 0 fully saturated rings. The van der Waals surface area contributed by atoms with Gasteiger partial charge in [-0.2, -0.15) is 0 Å². The summed E-state index contributed by atoms with van der Waals surface area (Å²) in [5.74, 6) is 0. The van der Waals surface area contributed by atoms with Crippen molar-refractivity contribution in [3.8, 4) is 0 Å². The third-order valence-corrected chi connectivity index (χ3v) is 18.9. The van der Waals surface area contributed by atoms with E-state index in [1.807, 2.05) is 121 Å². The SMILES string of the molecule is CC(C)(C)[Si](OC[C@@H](O)[C@@H](O)[C@H](O)[C@H](O)CO[Si](c1ccccc1)(c1ccccc1)C(C)(C)C)(c1ccccc1)c1ccccc1. The van der Waals surface area contributed by atoms with Gasteiger partial charge in [-0.15, -0.1) is 0 Å². The number of aliphatic hydroxyl groups excluding tert-OH is 4. The number of aliphatic hydroxyl groups is 4. The van der Waals surface area contributed by atoms with E-state index in [1.165, 1.54) is 0 Å². The summed E-state index contributed by atoms with van der Waals surface area (Å²) in [7, 11) is -5.98. The lowest BCUT2D eigenvalue weighted by molar-refractivity contribution is -0.120. The molecule has 4 aromatic carbocycles. The molecule has 0 radical (unpaired) electrons. The molecular formula is C38H50O6Si2. The van der Waals surface area contributed by atoms with Gasteiger partial charge in [0.2, 0.25) is 0 Å². The van der Waals surface area contributed by atoms with Crippen LogP contribution in [0.1, 0.15) is 41.5 Å². The van der Waals surface area contributed by atoms with E-state index in [0.717, 1.165) is 20.7 Å². The van der Waals surface area contributed by atoms with Crippen molar-refractivity contribution in [2.24, 2.45) is 0 Å². The summed E-state index contributed by atoms with van der Waals surface area (Å²) in [5, 5.41) is 48.2. The highest BCUT2D eigenvalue weighted by Crippen LogP contribution is 2.38. The van der Waals surface area contributed by atoms with Crippen LogP contribution in [0.3, 0.4) is 0 Å². The van der Waals surface area contributed by atoms with Crippen molar-refractivity contribution in [2.75, 3.05) is 13.2 Å². The Balaban J connectivity index is 1.56. The lowest BCUT2D eigenvalue weighted by Gasteiger charge is -2.44. The average molecular weight is 659 g/mol. The van der Waals surface area contributed by atoms with Crippen molar-refractivity contribution in [1.29, 1.82) is 0 Å². The van der Waals surface area contributed by atoms with Crippen LogP contribution in [-0.4, -0.2) is 74.7 Å². The van der Waals surface area contributed by atoms with Crippen LogP contribution in [0, 0.1) is 0 Å². The first kappa shape index (κ1) is 35.9. The molecule has 4 aromatic rings. The van der Waals surface area contributed by atoms with Gasteiger partial charge < -0.3 is 29.3 Å². The zero-order valence-corrected chi connectivity index (χ0v) is 29.9. The van der Waals surface area contributed by atoms with Crippen molar-refractivity contribution in [2.45, 2.75) is 76.0 Å². The number of hydrogen-bond donors (Lipinski definition) is 4. The molecule has 0 saturated carbocycles. The molecule has 0 aliphatic carbocycles. The predicted octanol–water partition coefficient (Wildman–Crippen LogP) is 3.58. The van der Waals surface area contributed by atoms with Crippen molar-refractivity contribution in [3.05, 3.63) is 121 Å². The molecule has 4 atom stereocenters. The summed E-state index contributed by atoms with van der Waals surface area (Å²) in [6, 6.07) is 40.1. The molecule has 0 aliphatic heterocycles. The standard InChI is InChI=1S/C38H50O6Si2/c1-37(2,3)45(29-19-11-7-12-20-29,30-21-13-8-14-22-30)43-27-33(39)35(41)36(42)34(40)28-44-46(38(4,5)6,31-23-15-9-16-24-31)32-25-17-10-18-26-32/h7-26,33-36,39-42H,27-28H2,1-6H3/t33-,34-,35-,36-/m1/s1. The Morgan fingerprint density at radius 1 is 0.435 bits per heavy atom. The second kappa shape index (κ2) is 14.9. The summed E-state index contributed by atoms with van der Waals surface area (Å²) in [5.41, 5.74) is 0. The quantitative estimate of drug-likeness (QED) is 0.164. The summed E-state index contributed by atoms with van der Waals surface area (Å²) >= 11 is 0. The Hall–Kier alpha value is -2.93. The Bertz CT molecular complexity index is 1280. The van der Waals surface area contributed by atoms with Crippen molar-refractivity contribution in [3.63, 3.8) is 0 Å². The summed E-state index contributed by atoms with van der Waals surface area (Å²) in [4.78, 5) is 0. The average Bonchev–Trinajstić information content (AvgIpc) is 3.05. The Labute approximate surface area is 276 Å². The highest BCUT2D eigenvalue weighted by atomic mass is 28.4. The zero-order valence-electron chi connectivity index (χ0n) is 27.9. The smallest absolute Gasteiger partial charge is 0.261 e. The monoisotopic (exact) mass is 658 g/mol. The van der Waals surface area contributed by atoms with Gasteiger partial charge in [-0.1, -0.05) is 163 Å². The van der Waals surface area contributed by atoms with E-state index in [0.29, 0.717) is 0 Å². The predicted molar refractivity (Wildman–Crippen MR) is 191 cm³/mol. The zero-order chi connectivity index (χ0) is 33.6. The largest absolute Gasteiger partial charge is 0.405 e. The van der Waals surface area contributed by atoms with E-state index in [-0.39, 0.29) is 23.3 Å². The van der Waals surface area contributed by atoms with E-state index in [9.17, 15) is 20.4 Å². The molecule has 0 heterocycles. The van der Waals surface area contributed by atoms with Crippen LogP contribution in [-0.2, 0) is 8.85 Å². The molecule has 4 rings (SSSR count). The molecule has 4 N–H and O–H groups in total. The normalized spacial score (nSPS) is 15.6. The summed E-state index contributed by atoms with van der Waals surface area (Å²) < 4.78 is 13.5. The van der Waals surface area contributed by atoms with Crippen molar-refractivity contribution >= 4 is 37.4 Å². The van der Waals surface area contributed by atoms with Gasteiger partial charge in [-0.25, -0.2) is 0 Å². The molecule has 6 nitrogen and oxygen atoms in total. The second-order valence-electron chi connectivity index (χ2n) is 14.1. The molecule has 0 unspecified atom stereocenters. The highest BCUT2D eigenvalue weighted by Gasteiger charge is 2.52. The van der Waals surface area contributed by atoms with Gasteiger partial charge in [0.1, 0.15) is 24.4 Å². The van der Waals surface area contributed by atoms with Crippen LogP contribution in [0.25, 0.3) is 0 Å². The molecule has 0 aromatic heterocycles. The van der Waals surface area contributed by atoms with E-state index in [4.69, 9.17) is 8.85 Å². The fraction of sp³-hybridized carbons (Fsp3) is 0.368. The van der Waals surface area contributed by atoms with Crippen LogP contribution in [0.2, 0.25) is 10.1 Å². The van der Waals surface area contributed by atoms with Gasteiger partial charge in [0.25, 0.3) is 16.6 Å². The summed E-state index contributed by atoms with van der Waals surface area (Å²) in [6.45, 7) is 12.3. The van der Waals surface area contributed by atoms with E-state index >= 15 is 0 Å². The maximum atomic E-state index is 11.2. The molecule has 46 heavy (non-hydrogen) atoms. The lowest BCUT2D eigenvalue weighted by atomic mass is 10.0. The van der Waals surface area contributed by atoms with Gasteiger partial charge in [0.05, 0.1) is 13.2 Å². The second-order valence-corrected chi connectivity index (χ2v) is 22.7. The van der Waals surface area contributed by atoms with Crippen LogP contribution in [0.15, 0.2) is 121 Å². The molecular weight excluding hydrogens is 609 g/mol. The van der Waals surface area contributed by atoms with E-state index in [2.05, 4.69) is 41.5 Å². The van der Waals surface area contributed by atoms with Gasteiger partial charge in [-0.05, 0) is 30.8 Å². The Morgan fingerprint density at radius 3 is 0.848 bits per heavy atom. The fourth-order valence-electron chi connectivity index (χ4n) is 6.60. The van der Waals surface area contributed by atoms with Gasteiger partial charge in [0.15, 0.2) is 0 Å². The molecule has 8 heteroatoms. The van der Waals surface area contributed by atoms with Gasteiger partial charge in [0, 0.05) is 0 Å².